The molecule has 0 aliphatic heterocycles. The second-order valence-corrected chi connectivity index (χ2v) is 6.74. The Balaban J connectivity index is 2.10. The number of ether oxygens (including phenoxy) is 1. The average molecular weight is 408 g/mol. The highest BCUT2D eigenvalue weighted by atomic mass is 19.1. The zero-order chi connectivity index (χ0) is 21.5. The number of halogens is 1. The van der Waals surface area contributed by atoms with Crippen LogP contribution in [-0.2, 0) is 29.0 Å². The van der Waals surface area contributed by atoms with E-state index in [-0.39, 0.29) is 36.4 Å². The first kappa shape index (κ1) is 21.0. The maximum Gasteiger partial charge on any atom is 0.310 e. The summed E-state index contributed by atoms with van der Waals surface area (Å²) < 4.78 is 20.1. The van der Waals surface area contributed by atoms with Crippen molar-refractivity contribution < 1.29 is 18.8 Å². The first-order chi connectivity index (χ1) is 14.5. The van der Waals surface area contributed by atoms with Crippen LogP contribution in [0.2, 0.25) is 0 Å². The number of anilines is 1. The predicted octanol–water partition coefficient (Wildman–Crippen LogP) is 4.66. The Hall–Kier alpha value is -3.74. The summed E-state index contributed by atoms with van der Waals surface area (Å²) in [5.41, 5.74) is 1.30. The summed E-state index contributed by atoms with van der Waals surface area (Å²) >= 11 is 0. The van der Waals surface area contributed by atoms with Gasteiger partial charge in [0.2, 0.25) is 0 Å². The molecular weight excluding hydrogens is 387 g/mol. The molecule has 0 saturated carbocycles. The van der Waals surface area contributed by atoms with Gasteiger partial charge in [-0.05, 0) is 17.2 Å². The molecule has 7 heteroatoms. The van der Waals surface area contributed by atoms with E-state index >= 15 is 4.39 Å². The molecule has 0 heterocycles. The van der Waals surface area contributed by atoms with Crippen molar-refractivity contribution in [3.63, 3.8) is 0 Å². The van der Waals surface area contributed by atoms with Crippen LogP contribution in [0.15, 0.2) is 72.8 Å². The molecule has 6 nitrogen and oxygen atoms in total. The quantitative estimate of drug-likeness (QED) is 0.308. The minimum atomic E-state index is -0.790. The molecular formula is C23H21FN2O4. The summed E-state index contributed by atoms with van der Waals surface area (Å²) in [6.07, 6.45) is -0.308. The van der Waals surface area contributed by atoms with Crippen molar-refractivity contribution in [1.29, 1.82) is 0 Å². The first-order valence-electron chi connectivity index (χ1n) is 9.35. The Morgan fingerprint density at radius 1 is 0.967 bits per heavy atom. The van der Waals surface area contributed by atoms with E-state index < -0.39 is 16.7 Å². The number of hydrogen-bond donors (Lipinski definition) is 0. The van der Waals surface area contributed by atoms with E-state index in [1.165, 1.54) is 19.2 Å². The molecule has 0 radical (unpaired) electrons. The van der Waals surface area contributed by atoms with Crippen LogP contribution in [0.25, 0.3) is 0 Å². The van der Waals surface area contributed by atoms with Crippen LogP contribution in [0.3, 0.4) is 0 Å². The summed E-state index contributed by atoms with van der Waals surface area (Å²) in [7, 11) is 1.21. The van der Waals surface area contributed by atoms with Crippen molar-refractivity contribution in [2.75, 3.05) is 12.0 Å². The second kappa shape index (κ2) is 9.65. The highest BCUT2D eigenvalue weighted by molar-refractivity contribution is 5.75. The van der Waals surface area contributed by atoms with E-state index in [0.29, 0.717) is 0 Å². The van der Waals surface area contributed by atoms with Crippen molar-refractivity contribution in [3.05, 3.63) is 105 Å². The van der Waals surface area contributed by atoms with Gasteiger partial charge in [0.25, 0.3) is 5.69 Å². The van der Waals surface area contributed by atoms with E-state index in [1.54, 1.807) is 4.90 Å². The van der Waals surface area contributed by atoms with Crippen LogP contribution in [-0.4, -0.2) is 18.0 Å². The Kier molecular flexibility index (Phi) is 6.75. The number of nitrogens with zero attached hydrogens (tertiary/aromatic N) is 2. The second-order valence-electron chi connectivity index (χ2n) is 6.74. The lowest BCUT2D eigenvalue weighted by molar-refractivity contribution is -0.384. The van der Waals surface area contributed by atoms with Gasteiger partial charge in [0.05, 0.1) is 18.5 Å². The number of methoxy groups -OCH3 is 1. The number of rotatable bonds is 8. The number of esters is 1. The standard InChI is InChI=1S/C23H21FN2O4/c1-30-21(27)14-19-12-13-20(26(28)29)23(22(19)24)25(15-17-8-4-2-5-9-17)16-18-10-6-3-7-11-18/h2-13H,14-16H2,1H3. The van der Waals surface area contributed by atoms with Crippen LogP contribution in [0.1, 0.15) is 16.7 Å². The molecule has 3 aromatic rings. The van der Waals surface area contributed by atoms with E-state index in [1.807, 2.05) is 60.7 Å². The van der Waals surface area contributed by atoms with Gasteiger partial charge in [0, 0.05) is 24.7 Å². The fourth-order valence-electron chi connectivity index (χ4n) is 3.23. The van der Waals surface area contributed by atoms with Crippen molar-refractivity contribution >= 4 is 17.3 Å². The maximum absolute atomic E-state index is 15.5. The molecule has 0 amide bonds. The number of carbonyl (C=O) groups is 1. The maximum atomic E-state index is 15.5. The lowest BCUT2D eigenvalue weighted by Gasteiger charge is -2.26. The molecule has 0 aliphatic carbocycles. The Labute approximate surface area is 173 Å². The SMILES string of the molecule is COC(=O)Cc1ccc([N+](=O)[O-])c(N(Cc2ccccc2)Cc2ccccc2)c1F. The van der Waals surface area contributed by atoms with Crippen molar-refractivity contribution in [2.24, 2.45) is 0 Å². The Bertz CT molecular complexity index is 985. The lowest BCUT2D eigenvalue weighted by Crippen LogP contribution is -2.25. The van der Waals surface area contributed by atoms with Gasteiger partial charge >= 0.3 is 5.97 Å². The normalized spacial score (nSPS) is 10.5. The Morgan fingerprint density at radius 2 is 1.50 bits per heavy atom. The van der Waals surface area contributed by atoms with Crippen molar-refractivity contribution in [2.45, 2.75) is 19.5 Å². The summed E-state index contributed by atoms with van der Waals surface area (Å²) in [4.78, 5) is 24.4. The third kappa shape index (κ3) is 5.00. The zero-order valence-corrected chi connectivity index (χ0v) is 16.5. The molecule has 0 unspecified atom stereocenters. The molecule has 0 aromatic heterocycles. The monoisotopic (exact) mass is 408 g/mol. The van der Waals surface area contributed by atoms with Gasteiger partial charge in [-0.2, -0.15) is 0 Å². The summed E-state index contributed by atoms with van der Waals surface area (Å²) in [6.45, 7) is 0.518. The highest BCUT2D eigenvalue weighted by Gasteiger charge is 2.27. The molecule has 0 aliphatic rings. The van der Waals surface area contributed by atoms with Gasteiger partial charge in [0.1, 0.15) is 0 Å². The van der Waals surface area contributed by atoms with Gasteiger partial charge in [-0.1, -0.05) is 60.7 Å². The van der Waals surface area contributed by atoms with Gasteiger partial charge in [0.15, 0.2) is 11.5 Å². The van der Waals surface area contributed by atoms with Crippen LogP contribution in [0.5, 0.6) is 0 Å². The largest absolute Gasteiger partial charge is 0.469 e. The molecule has 0 bridgehead atoms. The summed E-state index contributed by atoms with van der Waals surface area (Å²) in [5.74, 6) is -1.41. The molecule has 0 fully saturated rings. The molecule has 30 heavy (non-hydrogen) atoms. The number of benzene rings is 3. The third-order valence-corrected chi connectivity index (χ3v) is 4.68. The minimum Gasteiger partial charge on any atom is -0.469 e. The fraction of sp³-hybridized carbons (Fsp3) is 0.174. The summed E-state index contributed by atoms with van der Waals surface area (Å²) in [6, 6.07) is 21.2. The van der Waals surface area contributed by atoms with E-state index in [0.717, 1.165) is 11.1 Å². The molecule has 0 N–H and O–H groups in total. The van der Waals surface area contributed by atoms with E-state index in [9.17, 15) is 14.9 Å². The first-order valence-corrected chi connectivity index (χ1v) is 9.35. The van der Waals surface area contributed by atoms with Gasteiger partial charge in [-0.3, -0.25) is 14.9 Å². The van der Waals surface area contributed by atoms with Gasteiger partial charge in [-0.25, -0.2) is 4.39 Å². The third-order valence-electron chi connectivity index (χ3n) is 4.68. The number of hydrogen-bond acceptors (Lipinski definition) is 5. The molecule has 3 aromatic carbocycles. The smallest absolute Gasteiger partial charge is 0.310 e. The average Bonchev–Trinajstić information content (AvgIpc) is 2.75. The van der Waals surface area contributed by atoms with Gasteiger partial charge < -0.3 is 9.64 Å². The molecule has 0 atom stereocenters. The topological polar surface area (TPSA) is 72.7 Å². The van der Waals surface area contributed by atoms with Crippen molar-refractivity contribution in [3.8, 4) is 0 Å². The predicted molar refractivity (Wildman–Crippen MR) is 112 cm³/mol. The van der Waals surface area contributed by atoms with Crippen LogP contribution in [0.4, 0.5) is 15.8 Å². The van der Waals surface area contributed by atoms with Crippen molar-refractivity contribution in [1.82, 2.24) is 0 Å². The van der Waals surface area contributed by atoms with Gasteiger partial charge in [-0.15, -0.1) is 0 Å². The van der Waals surface area contributed by atoms with Crippen LogP contribution in [0, 0.1) is 15.9 Å². The highest BCUT2D eigenvalue weighted by Crippen LogP contribution is 2.35. The lowest BCUT2D eigenvalue weighted by atomic mass is 10.1. The summed E-state index contributed by atoms with van der Waals surface area (Å²) in [5, 5.41) is 11.7. The molecule has 0 saturated heterocycles. The molecule has 0 spiro atoms. The fourth-order valence-corrected chi connectivity index (χ4v) is 3.23. The molecule has 154 valence electrons. The molecule has 3 rings (SSSR count). The minimum absolute atomic E-state index is 0.0496. The van der Waals surface area contributed by atoms with Crippen LogP contribution >= 0.6 is 0 Å². The number of carbonyl (C=O) groups excluding carboxylic acids is 1. The van der Waals surface area contributed by atoms with Crippen LogP contribution < -0.4 is 4.90 Å². The zero-order valence-electron chi connectivity index (χ0n) is 16.5. The Morgan fingerprint density at radius 3 is 1.97 bits per heavy atom. The van der Waals surface area contributed by atoms with E-state index in [2.05, 4.69) is 4.74 Å². The number of nitro groups is 1. The van der Waals surface area contributed by atoms with E-state index in [4.69, 9.17) is 0 Å². The number of nitro benzene ring substituents is 1.